The number of fused-ring (bicyclic) bond motifs is 3. The van der Waals surface area contributed by atoms with E-state index in [1.54, 1.807) is 14.2 Å². The summed E-state index contributed by atoms with van der Waals surface area (Å²) >= 11 is 0. The second-order valence-corrected chi connectivity index (χ2v) is 9.99. The fourth-order valence-corrected chi connectivity index (χ4v) is 6.19. The smallest absolute Gasteiger partial charge is 0.262 e. The van der Waals surface area contributed by atoms with Crippen molar-refractivity contribution in [1.82, 2.24) is 4.90 Å². The van der Waals surface area contributed by atoms with Crippen LogP contribution < -0.4 is 10.5 Å². The van der Waals surface area contributed by atoms with E-state index in [0.29, 0.717) is 5.96 Å². The minimum atomic E-state index is -0.959. The average Bonchev–Trinajstić information content (AvgIpc) is 3.21. The fraction of sp³-hybridized carbons (Fsp3) is 0.481. The Morgan fingerprint density at radius 1 is 1.12 bits per heavy atom. The molecule has 0 radical (unpaired) electrons. The molecule has 2 aromatic rings. The predicted molar refractivity (Wildman–Crippen MR) is 129 cm³/mol. The van der Waals surface area contributed by atoms with Crippen molar-refractivity contribution in [2.75, 3.05) is 14.2 Å². The van der Waals surface area contributed by atoms with Crippen molar-refractivity contribution >= 4 is 11.9 Å². The molecule has 0 bridgehead atoms. The largest absolute Gasteiger partial charge is 0.497 e. The van der Waals surface area contributed by atoms with Gasteiger partial charge in [0, 0.05) is 12.5 Å². The van der Waals surface area contributed by atoms with Crippen LogP contribution >= 0.6 is 0 Å². The zero-order valence-corrected chi connectivity index (χ0v) is 19.9. The van der Waals surface area contributed by atoms with Gasteiger partial charge in [-0.2, -0.15) is 0 Å². The van der Waals surface area contributed by atoms with Gasteiger partial charge < -0.3 is 15.2 Å². The Morgan fingerprint density at radius 3 is 2.48 bits per heavy atom. The van der Waals surface area contributed by atoms with Gasteiger partial charge in [0.1, 0.15) is 5.75 Å². The Balaban J connectivity index is 1.60. The molecule has 1 heterocycles. The van der Waals surface area contributed by atoms with E-state index in [9.17, 15) is 4.79 Å². The van der Waals surface area contributed by atoms with Crippen molar-refractivity contribution in [1.29, 1.82) is 0 Å². The van der Waals surface area contributed by atoms with E-state index < -0.39 is 5.54 Å². The van der Waals surface area contributed by atoms with Crippen LogP contribution in [-0.4, -0.2) is 43.1 Å². The quantitative estimate of drug-likeness (QED) is 0.760. The summed E-state index contributed by atoms with van der Waals surface area (Å²) in [5.41, 5.74) is 9.34. The number of carbonyl (C=O) groups excluding carboxylic acids is 1. The van der Waals surface area contributed by atoms with E-state index in [0.717, 1.165) is 54.5 Å². The third-order valence-corrected chi connectivity index (χ3v) is 7.79. The van der Waals surface area contributed by atoms with Crippen LogP contribution in [0.2, 0.25) is 0 Å². The molecule has 1 unspecified atom stereocenters. The van der Waals surface area contributed by atoms with Crippen LogP contribution in [0.4, 0.5) is 0 Å². The van der Waals surface area contributed by atoms with E-state index in [2.05, 4.69) is 38.1 Å². The summed E-state index contributed by atoms with van der Waals surface area (Å²) in [4.78, 5) is 20.4. The summed E-state index contributed by atoms with van der Waals surface area (Å²) in [6.45, 7) is 4.16. The number of likely N-dealkylation sites (N-methyl/N-ethyl adjacent to an activating group) is 1. The number of ether oxygens (including phenoxy) is 2. The number of amides is 1. The van der Waals surface area contributed by atoms with E-state index >= 15 is 0 Å². The molecule has 2 N–H and O–H groups in total. The lowest BCUT2D eigenvalue weighted by Crippen LogP contribution is -2.51. The lowest BCUT2D eigenvalue weighted by molar-refractivity contribution is -0.138. The standard InChI is InChI=1S/C27H33N3O3/c1-17(2)33-21-10-12-26(13-11-21)16-20-9-8-19(18-6-5-7-22(14-18)32-4)15-23(20)27(26)24(31)30(3)25(28)29-27/h5-9,14-15,17,21H,10-13,16H2,1-4H3,(H2,28,29)/t21-,26-,27?. The molecular weight excluding hydrogens is 414 g/mol. The Kier molecular flexibility index (Phi) is 5.24. The third kappa shape index (κ3) is 3.26. The van der Waals surface area contributed by atoms with Gasteiger partial charge in [0.05, 0.1) is 19.3 Å². The molecule has 5 rings (SSSR count). The highest BCUT2D eigenvalue weighted by Gasteiger charge is 2.66. The predicted octanol–water partition coefficient (Wildman–Crippen LogP) is 4.25. The Labute approximate surface area is 195 Å². The normalized spacial score (nSPS) is 28.6. The first-order chi connectivity index (χ1) is 15.8. The maximum Gasteiger partial charge on any atom is 0.262 e. The summed E-state index contributed by atoms with van der Waals surface area (Å²) in [6.07, 6.45) is 4.93. The molecule has 1 atom stereocenters. The monoisotopic (exact) mass is 447 g/mol. The van der Waals surface area contributed by atoms with Crippen LogP contribution in [0.25, 0.3) is 11.1 Å². The van der Waals surface area contributed by atoms with Gasteiger partial charge in [0.2, 0.25) is 0 Å². The van der Waals surface area contributed by atoms with E-state index in [-0.39, 0.29) is 23.5 Å². The number of methoxy groups -OCH3 is 1. The van der Waals surface area contributed by atoms with E-state index in [4.69, 9.17) is 20.2 Å². The minimum absolute atomic E-state index is 0.00947. The van der Waals surface area contributed by atoms with Gasteiger partial charge >= 0.3 is 0 Å². The molecule has 3 aliphatic rings. The van der Waals surface area contributed by atoms with Gasteiger partial charge in [-0.25, -0.2) is 4.99 Å². The molecule has 1 aliphatic heterocycles. The summed E-state index contributed by atoms with van der Waals surface area (Å²) < 4.78 is 11.5. The molecule has 1 fully saturated rings. The number of hydrogen-bond donors (Lipinski definition) is 1. The van der Waals surface area contributed by atoms with Gasteiger partial charge in [-0.1, -0.05) is 24.3 Å². The number of rotatable bonds is 4. The number of hydrogen-bond acceptors (Lipinski definition) is 5. The van der Waals surface area contributed by atoms with Gasteiger partial charge in [-0.15, -0.1) is 0 Å². The number of carbonyl (C=O) groups is 1. The van der Waals surface area contributed by atoms with Crippen LogP contribution in [0.5, 0.6) is 5.75 Å². The highest BCUT2D eigenvalue weighted by molar-refractivity contribution is 6.08. The van der Waals surface area contributed by atoms with Crippen LogP contribution in [0.15, 0.2) is 47.5 Å². The molecule has 174 valence electrons. The van der Waals surface area contributed by atoms with E-state index in [1.807, 2.05) is 18.2 Å². The summed E-state index contributed by atoms with van der Waals surface area (Å²) in [5.74, 6) is 1.10. The lowest BCUT2D eigenvalue weighted by atomic mass is 9.61. The average molecular weight is 448 g/mol. The summed E-state index contributed by atoms with van der Waals surface area (Å²) in [6, 6.07) is 14.5. The van der Waals surface area contributed by atoms with Gasteiger partial charge in [-0.05, 0) is 86.4 Å². The number of nitrogens with two attached hydrogens (primary N) is 1. The third-order valence-electron chi connectivity index (χ3n) is 7.79. The van der Waals surface area contributed by atoms with Crippen molar-refractivity contribution < 1.29 is 14.3 Å². The molecular formula is C27H33N3O3. The Hall–Kier alpha value is -2.86. The van der Waals surface area contributed by atoms with Crippen LogP contribution in [-0.2, 0) is 21.5 Å². The van der Waals surface area contributed by atoms with Crippen molar-refractivity contribution in [3.8, 4) is 16.9 Å². The van der Waals surface area contributed by atoms with Crippen molar-refractivity contribution in [2.45, 2.75) is 63.7 Å². The zero-order valence-electron chi connectivity index (χ0n) is 19.9. The Morgan fingerprint density at radius 2 is 1.85 bits per heavy atom. The van der Waals surface area contributed by atoms with Gasteiger partial charge in [0.25, 0.3) is 5.91 Å². The topological polar surface area (TPSA) is 77.2 Å². The van der Waals surface area contributed by atoms with E-state index in [1.165, 1.54) is 10.5 Å². The molecule has 0 aromatic heterocycles. The molecule has 33 heavy (non-hydrogen) atoms. The molecule has 0 saturated heterocycles. The molecule has 2 aliphatic carbocycles. The highest BCUT2D eigenvalue weighted by atomic mass is 16.5. The number of benzene rings is 2. The van der Waals surface area contributed by atoms with Crippen molar-refractivity contribution in [3.05, 3.63) is 53.6 Å². The fourth-order valence-electron chi connectivity index (χ4n) is 6.19. The number of guanidine groups is 1. The van der Waals surface area contributed by atoms with Gasteiger partial charge in [-0.3, -0.25) is 9.69 Å². The first-order valence-corrected chi connectivity index (χ1v) is 11.9. The van der Waals surface area contributed by atoms with Crippen molar-refractivity contribution in [2.24, 2.45) is 16.1 Å². The SMILES string of the molecule is COc1cccc(-c2ccc3c(c2)C2(N=C(N)N(C)C2=O)[C@]2(CC[C@H](OC(C)C)CC2)C3)c1. The first-order valence-electron chi connectivity index (χ1n) is 11.9. The summed E-state index contributed by atoms with van der Waals surface area (Å²) in [7, 11) is 3.41. The Bertz CT molecular complexity index is 1120. The summed E-state index contributed by atoms with van der Waals surface area (Å²) in [5, 5.41) is 0. The highest BCUT2D eigenvalue weighted by Crippen LogP contribution is 2.62. The maximum absolute atomic E-state index is 13.9. The van der Waals surface area contributed by atoms with Crippen LogP contribution in [0.3, 0.4) is 0 Å². The maximum atomic E-state index is 13.9. The van der Waals surface area contributed by atoms with Crippen LogP contribution in [0.1, 0.15) is 50.7 Å². The second-order valence-electron chi connectivity index (χ2n) is 9.99. The minimum Gasteiger partial charge on any atom is -0.497 e. The van der Waals surface area contributed by atoms with Crippen molar-refractivity contribution in [3.63, 3.8) is 0 Å². The number of nitrogens with zero attached hydrogens (tertiary/aromatic N) is 2. The molecule has 1 amide bonds. The first kappa shape index (κ1) is 22.0. The zero-order chi connectivity index (χ0) is 23.4. The lowest BCUT2D eigenvalue weighted by Gasteiger charge is -2.45. The molecule has 1 saturated carbocycles. The molecule has 6 nitrogen and oxygen atoms in total. The molecule has 2 spiro atoms. The molecule has 2 aromatic carbocycles. The molecule has 6 heteroatoms. The van der Waals surface area contributed by atoms with Crippen LogP contribution in [0, 0.1) is 5.41 Å². The van der Waals surface area contributed by atoms with Gasteiger partial charge in [0.15, 0.2) is 11.5 Å². The number of aliphatic imine (C=N–C) groups is 1. The second kappa shape index (κ2) is 7.87.